The molecule has 0 aliphatic rings. The summed E-state index contributed by atoms with van der Waals surface area (Å²) in [7, 11) is -1.13. The van der Waals surface area contributed by atoms with Gasteiger partial charge in [0.15, 0.2) is 0 Å². The summed E-state index contributed by atoms with van der Waals surface area (Å²) in [6.45, 7) is -0.167. The summed E-state index contributed by atoms with van der Waals surface area (Å²) in [5.41, 5.74) is 0.0863. The summed E-state index contributed by atoms with van der Waals surface area (Å²) in [5.74, 6) is -1.86. The maximum absolute atomic E-state index is 13.9. The van der Waals surface area contributed by atoms with E-state index in [1.54, 1.807) is 6.07 Å². The van der Waals surface area contributed by atoms with E-state index in [0.29, 0.717) is 15.6 Å². The van der Waals surface area contributed by atoms with E-state index in [0.717, 1.165) is 22.5 Å². The standard InChI is InChI=1S/C16H14Cl2FNO4S/c1-20(2)25(22,23)11-4-6-15(19)12(8-11)16(21)24-9-10-3-5-13(17)14(18)7-10/h3-8H,9H2,1-2H3. The minimum atomic E-state index is -3.80. The van der Waals surface area contributed by atoms with Crippen LogP contribution in [0.2, 0.25) is 10.0 Å². The van der Waals surface area contributed by atoms with Gasteiger partial charge in [-0.3, -0.25) is 0 Å². The van der Waals surface area contributed by atoms with E-state index >= 15 is 0 Å². The normalized spacial score (nSPS) is 11.6. The van der Waals surface area contributed by atoms with Crippen LogP contribution in [0.15, 0.2) is 41.3 Å². The molecule has 0 spiro atoms. The molecule has 0 amide bonds. The van der Waals surface area contributed by atoms with Crippen LogP contribution in [0.4, 0.5) is 4.39 Å². The Labute approximate surface area is 155 Å². The second-order valence-corrected chi connectivity index (χ2v) is 8.22. The van der Waals surface area contributed by atoms with Gasteiger partial charge < -0.3 is 4.74 Å². The largest absolute Gasteiger partial charge is 0.457 e. The monoisotopic (exact) mass is 405 g/mol. The maximum atomic E-state index is 13.9. The zero-order valence-electron chi connectivity index (χ0n) is 13.3. The van der Waals surface area contributed by atoms with E-state index in [2.05, 4.69) is 0 Å². The van der Waals surface area contributed by atoms with Gasteiger partial charge in [-0.1, -0.05) is 29.3 Å². The number of hydrogen-bond donors (Lipinski definition) is 0. The average molecular weight is 406 g/mol. The predicted molar refractivity (Wildman–Crippen MR) is 92.9 cm³/mol. The molecule has 2 aromatic rings. The van der Waals surface area contributed by atoms with Gasteiger partial charge in [-0.25, -0.2) is 21.9 Å². The number of esters is 1. The van der Waals surface area contributed by atoms with Crippen molar-refractivity contribution in [2.24, 2.45) is 0 Å². The summed E-state index contributed by atoms with van der Waals surface area (Å²) in [6.07, 6.45) is 0. The van der Waals surface area contributed by atoms with Crippen molar-refractivity contribution in [1.82, 2.24) is 4.31 Å². The van der Waals surface area contributed by atoms with E-state index in [1.165, 1.54) is 26.2 Å². The van der Waals surface area contributed by atoms with Crippen LogP contribution < -0.4 is 0 Å². The van der Waals surface area contributed by atoms with Crippen LogP contribution >= 0.6 is 23.2 Å². The predicted octanol–water partition coefficient (Wildman–Crippen LogP) is 3.74. The summed E-state index contributed by atoms with van der Waals surface area (Å²) in [5, 5.41) is 0.643. The van der Waals surface area contributed by atoms with Gasteiger partial charge in [0.1, 0.15) is 12.4 Å². The van der Waals surface area contributed by atoms with E-state index in [4.69, 9.17) is 27.9 Å². The highest BCUT2D eigenvalue weighted by Gasteiger charge is 2.22. The van der Waals surface area contributed by atoms with Gasteiger partial charge in [-0.05, 0) is 35.9 Å². The fourth-order valence-electron chi connectivity index (χ4n) is 1.89. The molecule has 0 fully saturated rings. The summed E-state index contributed by atoms with van der Waals surface area (Å²) in [4.78, 5) is 11.9. The first-order chi connectivity index (χ1) is 11.6. The Hall–Kier alpha value is -1.67. The topological polar surface area (TPSA) is 63.7 Å². The van der Waals surface area contributed by atoms with Crippen molar-refractivity contribution in [2.45, 2.75) is 11.5 Å². The Balaban J connectivity index is 2.22. The van der Waals surface area contributed by atoms with Crippen molar-refractivity contribution in [2.75, 3.05) is 14.1 Å². The van der Waals surface area contributed by atoms with Crippen LogP contribution in [0.3, 0.4) is 0 Å². The molecule has 134 valence electrons. The van der Waals surface area contributed by atoms with Crippen LogP contribution in [0.1, 0.15) is 15.9 Å². The second kappa shape index (κ2) is 7.70. The second-order valence-electron chi connectivity index (χ2n) is 5.25. The van der Waals surface area contributed by atoms with Crippen LogP contribution in [0.5, 0.6) is 0 Å². The van der Waals surface area contributed by atoms with Crippen LogP contribution in [0.25, 0.3) is 0 Å². The molecule has 0 bridgehead atoms. The molecule has 0 saturated heterocycles. The smallest absolute Gasteiger partial charge is 0.341 e. The molecule has 0 atom stereocenters. The SMILES string of the molecule is CN(C)S(=O)(=O)c1ccc(F)c(C(=O)OCc2ccc(Cl)c(Cl)c2)c1. The van der Waals surface area contributed by atoms with Gasteiger partial charge in [-0.15, -0.1) is 0 Å². The van der Waals surface area contributed by atoms with Crippen LogP contribution in [-0.2, 0) is 21.4 Å². The lowest BCUT2D eigenvalue weighted by Gasteiger charge is -2.12. The number of halogens is 3. The quantitative estimate of drug-likeness (QED) is 0.710. The molecule has 2 rings (SSSR count). The first kappa shape index (κ1) is 19.7. The Morgan fingerprint density at radius 1 is 1.12 bits per heavy atom. The molecule has 25 heavy (non-hydrogen) atoms. The van der Waals surface area contributed by atoms with Gasteiger partial charge >= 0.3 is 5.97 Å². The maximum Gasteiger partial charge on any atom is 0.341 e. The summed E-state index contributed by atoms with van der Waals surface area (Å²) >= 11 is 11.7. The van der Waals surface area contributed by atoms with Gasteiger partial charge in [0, 0.05) is 14.1 Å². The molecule has 0 saturated carbocycles. The number of ether oxygens (including phenoxy) is 1. The highest BCUT2D eigenvalue weighted by atomic mass is 35.5. The van der Waals surface area contributed by atoms with E-state index < -0.39 is 27.4 Å². The van der Waals surface area contributed by atoms with Crippen molar-refractivity contribution in [3.05, 3.63) is 63.4 Å². The number of carbonyl (C=O) groups is 1. The molecule has 0 aliphatic carbocycles. The minimum absolute atomic E-state index is 0.167. The Bertz CT molecular complexity index is 916. The molecule has 0 unspecified atom stereocenters. The van der Waals surface area contributed by atoms with Crippen molar-refractivity contribution in [3.8, 4) is 0 Å². The first-order valence-electron chi connectivity index (χ1n) is 6.96. The Morgan fingerprint density at radius 3 is 2.40 bits per heavy atom. The third-order valence-corrected chi connectivity index (χ3v) is 5.84. The molecule has 0 radical (unpaired) electrons. The first-order valence-corrected chi connectivity index (χ1v) is 9.15. The lowest BCUT2D eigenvalue weighted by Crippen LogP contribution is -2.22. The van der Waals surface area contributed by atoms with Crippen LogP contribution in [0, 0.1) is 5.82 Å². The lowest BCUT2D eigenvalue weighted by atomic mass is 10.2. The number of hydrogen-bond acceptors (Lipinski definition) is 4. The van der Waals surface area contributed by atoms with Crippen molar-refractivity contribution in [3.63, 3.8) is 0 Å². The van der Waals surface area contributed by atoms with Gasteiger partial charge in [-0.2, -0.15) is 0 Å². The number of benzene rings is 2. The Kier molecular flexibility index (Phi) is 6.05. The molecular weight excluding hydrogens is 392 g/mol. The molecule has 0 aliphatic heterocycles. The molecule has 9 heteroatoms. The molecule has 0 heterocycles. The average Bonchev–Trinajstić information content (AvgIpc) is 2.55. The fourth-order valence-corrected chi connectivity index (χ4v) is 3.14. The van der Waals surface area contributed by atoms with E-state index in [1.807, 2.05) is 0 Å². The van der Waals surface area contributed by atoms with Crippen molar-refractivity contribution >= 4 is 39.2 Å². The number of rotatable bonds is 5. The number of nitrogens with zero attached hydrogens (tertiary/aromatic N) is 1. The molecule has 5 nitrogen and oxygen atoms in total. The lowest BCUT2D eigenvalue weighted by molar-refractivity contribution is 0.0467. The Morgan fingerprint density at radius 2 is 1.80 bits per heavy atom. The van der Waals surface area contributed by atoms with Gasteiger partial charge in [0.2, 0.25) is 10.0 Å². The zero-order chi connectivity index (χ0) is 18.8. The molecule has 0 N–H and O–H groups in total. The van der Waals surface area contributed by atoms with Crippen LogP contribution in [-0.4, -0.2) is 32.8 Å². The third-order valence-electron chi connectivity index (χ3n) is 3.29. The highest BCUT2D eigenvalue weighted by Crippen LogP contribution is 2.23. The highest BCUT2D eigenvalue weighted by molar-refractivity contribution is 7.89. The van der Waals surface area contributed by atoms with Gasteiger partial charge in [0.05, 0.1) is 20.5 Å². The number of sulfonamides is 1. The molecule has 0 aromatic heterocycles. The van der Waals surface area contributed by atoms with E-state index in [-0.39, 0.29) is 11.5 Å². The van der Waals surface area contributed by atoms with E-state index in [9.17, 15) is 17.6 Å². The minimum Gasteiger partial charge on any atom is -0.457 e. The fraction of sp³-hybridized carbons (Fsp3) is 0.188. The zero-order valence-corrected chi connectivity index (χ0v) is 15.6. The third kappa shape index (κ3) is 4.49. The molecule has 2 aromatic carbocycles. The van der Waals surface area contributed by atoms with Crippen molar-refractivity contribution < 1.29 is 22.3 Å². The molecular formula is C16H14Cl2FNO4S. The summed E-state index contributed by atoms with van der Waals surface area (Å²) in [6, 6.07) is 7.59. The summed E-state index contributed by atoms with van der Waals surface area (Å²) < 4.78 is 44.1. The van der Waals surface area contributed by atoms with Crippen molar-refractivity contribution in [1.29, 1.82) is 0 Å². The number of carbonyl (C=O) groups excluding carboxylic acids is 1. The van der Waals surface area contributed by atoms with Gasteiger partial charge in [0.25, 0.3) is 0 Å².